The number of nitrogens with two attached hydrogens (primary N) is 1. The molecule has 0 spiro atoms. The lowest BCUT2D eigenvalue weighted by Gasteiger charge is -2.21. The lowest BCUT2D eigenvalue weighted by Crippen LogP contribution is -2.25. The number of rotatable bonds is 7. The molecule has 3 aromatic rings. The molecule has 28 heavy (non-hydrogen) atoms. The first-order valence-corrected chi connectivity index (χ1v) is 8.29. The Balaban J connectivity index is 2.06. The lowest BCUT2D eigenvalue weighted by atomic mass is 10.0. The quantitative estimate of drug-likeness (QED) is 0.565. The highest BCUT2D eigenvalue weighted by Crippen LogP contribution is 2.29. The number of carbonyl (C=O) groups excluding carboxylic acids is 1. The third-order valence-electron chi connectivity index (χ3n) is 4.15. The van der Waals surface area contributed by atoms with Gasteiger partial charge in [-0.2, -0.15) is 0 Å². The van der Waals surface area contributed by atoms with Gasteiger partial charge in [-0.3, -0.25) is 9.78 Å². The summed E-state index contributed by atoms with van der Waals surface area (Å²) in [6.07, 6.45) is 2.64. The Labute approximate surface area is 159 Å². The minimum Gasteiger partial charge on any atom is -0.494 e. The molecule has 1 unspecified atom stereocenters. The molecule has 0 aliphatic heterocycles. The van der Waals surface area contributed by atoms with Crippen LogP contribution >= 0.6 is 0 Å². The standard InChI is InChI=1S/C18H18F2N6O2/c1-22-7-13(10-5-12(20)14(28-2)6-11(10)19)26-18-16-15(24-8-25-18)9(17(21)27)3-4-23-16/h3-6,8,13,22H,7H2,1-2H3,(H2,21,27)(H,24,25,26). The fourth-order valence-electron chi connectivity index (χ4n) is 2.84. The second kappa shape index (κ2) is 8.09. The van der Waals surface area contributed by atoms with E-state index in [1.807, 2.05) is 0 Å². The first-order valence-electron chi connectivity index (χ1n) is 8.29. The van der Waals surface area contributed by atoms with Crippen molar-refractivity contribution in [3.8, 4) is 5.75 Å². The summed E-state index contributed by atoms with van der Waals surface area (Å²) in [5.41, 5.74) is 6.18. The van der Waals surface area contributed by atoms with E-state index in [1.165, 1.54) is 25.7 Å². The van der Waals surface area contributed by atoms with Crippen LogP contribution in [0.5, 0.6) is 5.75 Å². The molecule has 0 saturated heterocycles. The van der Waals surface area contributed by atoms with E-state index in [9.17, 15) is 13.6 Å². The maximum Gasteiger partial charge on any atom is 0.251 e. The van der Waals surface area contributed by atoms with Gasteiger partial charge in [0, 0.05) is 24.4 Å². The number of fused-ring (bicyclic) bond motifs is 1. The molecule has 2 aromatic heterocycles. The number of nitrogens with one attached hydrogen (secondary N) is 2. The van der Waals surface area contributed by atoms with Crippen molar-refractivity contribution in [2.45, 2.75) is 6.04 Å². The molecule has 3 rings (SSSR count). The molecule has 1 amide bonds. The van der Waals surface area contributed by atoms with Crippen LogP contribution in [0.3, 0.4) is 0 Å². The van der Waals surface area contributed by atoms with E-state index in [0.29, 0.717) is 0 Å². The van der Waals surface area contributed by atoms with Gasteiger partial charge in [-0.25, -0.2) is 18.7 Å². The van der Waals surface area contributed by atoms with Crippen LogP contribution in [0.2, 0.25) is 0 Å². The van der Waals surface area contributed by atoms with Crippen molar-refractivity contribution < 1.29 is 18.3 Å². The number of ether oxygens (including phenoxy) is 1. The fourth-order valence-corrected chi connectivity index (χ4v) is 2.84. The van der Waals surface area contributed by atoms with Gasteiger partial charge >= 0.3 is 0 Å². The van der Waals surface area contributed by atoms with Crippen LogP contribution in [0.1, 0.15) is 22.0 Å². The topological polar surface area (TPSA) is 115 Å². The Morgan fingerprint density at radius 2 is 2.00 bits per heavy atom. The third kappa shape index (κ3) is 3.67. The summed E-state index contributed by atoms with van der Waals surface area (Å²) in [4.78, 5) is 24.0. The Hall–Kier alpha value is -3.40. The van der Waals surface area contributed by atoms with Crippen LogP contribution in [-0.2, 0) is 0 Å². The summed E-state index contributed by atoms with van der Waals surface area (Å²) in [5.74, 6) is -1.93. The van der Waals surface area contributed by atoms with E-state index in [1.54, 1.807) is 7.05 Å². The summed E-state index contributed by atoms with van der Waals surface area (Å²) >= 11 is 0. The highest BCUT2D eigenvalue weighted by atomic mass is 19.1. The molecule has 10 heteroatoms. The van der Waals surface area contributed by atoms with E-state index in [0.717, 1.165) is 12.1 Å². The number of anilines is 1. The largest absolute Gasteiger partial charge is 0.494 e. The molecule has 146 valence electrons. The summed E-state index contributed by atoms with van der Waals surface area (Å²) in [6, 6.07) is 2.80. The number of aromatic nitrogens is 3. The molecular formula is C18H18F2N6O2. The molecule has 8 nitrogen and oxygen atoms in total. The van der Waals surface area contributed by atoms with E-state index in [2.05, 4.69) is 25.6 Å². The molecule has 1 atom stereocenters. The molecule has 0 bridgehead atoms. The molecule has 1 aromatic carbocycles. The van der Waals surface area contributed by atoms with Crippen LogP contribution in [-0.4, -0.2) is 41.6 Å². The first-order chi connectivity index (χ1) is 13.5. The summed E-state index contributed by atoms with van der Waals surface area (Å²) < 4.78 is 33.5. The SMILES string of the molecule is CNCC(Nc1ncnc2c(C(N)=O)ccnc12)c1cc(F)c(OC)cc1F. The molecule has 0 radical (unpaired) electrons. The van der Waals surface area contributed by atoms with Crippen LogP contribution in [0.15, 0.2) is 30.7 Å². The van der Waals surface area contributed by atoms with Gasteiger partial charge in [0.15, 0.2) is 17.4 Å². The smallest absolute Gasteiger partial charge is 0.251 e. The normalized spacial score (nSPS) is 12.0. The zero-order chi connectivity index (χ0) is 20.3. The number of nitrogens with zero attached hydrogens (tertiary/aromatic N) is 3. The number of carbonyl (C=O) groups is 1. The Morgan fingerprint density at radius 1 is 1.21 bits per heavy atom. The van der Waals surface area contributed by atoms with Crippen LogP contribution < -0.4 is 21.1 Å². The zero-order valence-electron chi connectivity index (χ0n) is 15.2. The van der Waals surface area contributed by atoms with Crippen LogP contribution in [0, 0.1) is 11.6 Å². The Morgan fingerprint density at radius 3 is 2.68 bits per heavy atom. The van der Waals surface area contributed by atoms with E-state index < -0.39 is 23.6 Å². The van der Waals surface area contributed by atoms with Gasteiger partial charge in [0.25, 0.3) is 5.91 Å². The van der Waals surface area contributed by atoms with Crippen LogP contribution in [0.25, 0.3) is 11.0 Å². The number of halogens is 2. The highest BCUT2D eigenvalue weighted by molar-refractivity contribution is 6.05. The molecular weight excluding hydrogens is 370 g/mol. The van der Waals surface area contributed by atoms with Crippen molar-refractivity contribution in [3.63, 3.8) is 0 Å². The number of likely N-dealkylation sites (N-methyl/N-ethyl adjacent to an activating group) is 1. The van der Waals surface area contributed by atoms with Crippen molar-refractivity contribution in [1.82, 2.24) is 20.3 Å². The van der Waals surface area contributed by atoms with Gasteiger partial charge < -0.3 is 21.1 Å². The average molecular weight is 388 g/mol. The number of hydrogen-bond acceptors (Lipinski definition) is 7. The van der Waals surface area contributed by atoms with Crippen molar-refractivity contribution >= 4 is 22.8 Å². The summed E-state index contributed by atoms with van der Waals surface area (Å²) in [5, 5.41) is 5.95. The third-order valence-corrected chi connectivity index (χ3v) is 4.15. The molecule has 0 aliphatic rings. The number of primary amides is 1. The van der Waals surface area contributed by atoms with Gasteiger partial charge in [0.1, 0.15) is 23.2 Å². The van der Waals surface area contributed by atoms with Gasteiger partial charge in [0.2, 0.25) is 0 Å². The van der Waals surface area contributed by atoms with Crippen LogP contribution in [0.4, 0.5) is 14.6 Å². The predicted molar refractivity (Wildman–Crippen MR) is 99.1 cm³/mol. The van der Waals surface area contributed by atoms with Gasteiger partial charge in [-0.05, 0) is 19.2 Å². The molecule has 0 aliphatic carbocycles. The van der Waals surface area contributed by atoms with Crippen molar-refractivity contribution in [2.24, 2.45) is 5.73 Å². The molecule has 4 N–H and O–H groups in total. The second-order valence-electron chi connectivity index (χ2n) is 5.91. The maximum atomic E-state index is 14.6. The van der Waals surface area contributed by atoms with E-state index in [4.69, 9.17) is 10.5 Å². The molecule has 2 heterocycles. The molecule has 0 saturated carbocycles. The van der Waals surface area contributed by atoms with Gasteiger partial charge in [0.05, 0.1) is 18.7 Å². The fraction of sp³-hybridized carbons (Fsp3) is 0.222. The van der Waals surface area contributed by atoms with Crippen molar-refractivity contribution in [1.29, 1.82) is 0 Å². The molecule has 0 fully saturated rings. The first kappa shape index (κ1) is 19.4. The van der Waals surface area contributed by atoms with Gasteiger partial charge in [-0.1, -0.05) is 0 Å². The number of hydrogen-bond donors (Lipinski definition) is 3. The second-order valence-corrected chi connectivity index (χ2v) is 5.91. The number of pyridine rings is 1. The lowest BCUT2D eigenvalue weighted by molar-refractivity contribution is 0.100. The minimum atomic E-state index is -0.692. The Bertz CT molecular complexity index is 1030. The van der Waals surface area contributed by atoms with Crippen molar-refractivity contribution in [2.75, 3.05) is 26.0 Å². The predicted octanol–water partition coefficient (Wildman–Crippen LogP) is 1.78. The van der Waals surface area contributed by atoms with E-state index >= 15 is 0 Å². The number of methoxy groups -OCH3 is 1. The maximum absolute atomic E-state index is 14.6. The number of benzene rings is 1. The zero-order valence-corrected chi connectivity index (χ0v) is 15.2. The monoisotopic (exact) mass is 388 g/mol. The van der Waals surface area contributed by atoms with Crippen molar-refractivity contribution in [3.05, 3.63) is 53.5 Å². The summed E-state index contributed by atoms with van der Waals surface area (Å²) in [7, 11) is 2.93. The summed E-state index contributed by atoms with van der Waals surface area (Å²) in [6.45, 7) is 0.254. The Kier molecular flexibility index (Phi) is 5.59. The number of amides is 1. The van der Waals surface area contributed by atoms with Gasteiger partial charge in [-0.15, -0.1) is 0 Å². The minimum absolute atomic E-state index is 0.0745. The average Bonchev–Trinajstić information content (AvgIpc) is 2.68. The van der Waals surface area contributed by atoms with E-state index in [-0.39, 0.29) is 40.3 Å². The highest BCUT2D eigenvalue weighted by Gasteiger charge is 2.21.